The Hall–Kier alpha value is -2.85. The largest absolute Gasteiger partial charge is 0.478 e. The number of piperazine rings is 1. The Balaban J connectivity index is 1.45. The van der Waals surface area contributed by atoms with E-state index in [0.29, 0.717) is 34.5 Å². The smallest absolute Gasteiger partial charge is 0.264 e. The number of halogens is 3. The van der Waals surface area contributed by atoms with Crippen molar-refractivity contribution in [1.29, 1.82) is 0 Å². The Kier molecular flexibility index (Phi) is 6.82. The molecule has 11 heteroatoms. The third-order valence-corrected chi connectivity index (χ3v) is 7.93. The summed E-state index contributed by atoms with van der Waals surface area (Å²) in [5, 5.41) is 2.73. The maximum atomic E-state index is 14.0. The number of hydrogen-bond acceptors (Lipinski definition) is 7. The molecule has 0 spiro atoms. The number of likely N-dealkylation sites (N-methyl/N-ethyl adjacent to an activating group) is 1. The summed E-state index contributed by atoms with van der Waals surface area (Å²) in [6.45, 7) is 4.81. The lowest BCUT2D eigenvalue weighted by Crippen LogP contribution is -2.46. The van der Waals surface area contributed by atoms with E-state index in [1.807, 2.05) is 16.3 Å². The van der Waals surface area contributed by atoms with E-state index < -0.39 is 11.9 Å². The Morgan fingerprint density at radius 3 is 2.78 bits per heavy atom. The number of amides is 1. The van der Waals surface area contributed by atoms with Gasteiger partial charge in [0.05, 0.1) is 21.5 Å². The minimum absolute atomic E-state index is 0.0243. The number of anilines is 1. The number of furan rings is 1. The fraction of sp³-hybridized carbons (Fsp3) is 0.280. The first-order valence-corrected chi connectivity index (χ1v) is 12.9. The second-order valence-corrected chi connectivity index (χ2v) is 10.4. The average molecular weight is 549 g/mol. The first-order valence-electron chi connectivity index (χ1n) is 11.3. The van der Waals surface area contributed by atoms with Crippen LogP contribution in [0.2, 0.25) is 10.0 Å². The van der Waals surface area contributed by atoms with Crippen molar-refractivity contribution >= 4 is 57.2 Å². The lowest BCUT2D eigenvalue weighted by atomic mass is 10.1. The molecule has 4 heterocycles. The minimum atomic E-state index is -0.738. The highest BCUT2D eigenvalue weighted by Gasteiger charge is 2.25. The van der Waals surface area contributed by atoms with Crippen LogP contribution in [0, 0.1) is 5.82 Å². The molecule has 1 fully saturated rings. The highest BCUT2D eigenvalue weighted by molar-refractivity contribution is 7.12. The van der Waals surface area contributed by atoms with E-state index in [9.17, 15) is 9.18 Å². The van der Waals surface area contributed by atoms with Gasteiger partial charge in [-0.05, 0) is 43.1 Å². The average Bonchev–Trinajstić information content (AvgIpc) is 3.51. The van der Waals surface area contributed by atoms with Crippen LogP contribution in [0.5, 0.6) is 5.75 Å². The molecule has 36 heavy (non-hydrogen) atoms. The van der Waals surface area contributed by atoms with Crippen LogP contribution in [-0.4, -0.2) is 53.9 Å². The summed E-state index contributed by atoms with van der Waals surface area (Å²) < 4.78 is 26.0. The summed E-state index contributed by atoms with van der Waals surface area (Å²) in [5.41, 5.74) is 8.38. The third kappa shape index (κ3) is 4.52. The van der Waals surface area contributed by atoms with E-state index in [4.69, 9.17) is 38.1 Å². The van der Waals surface area contributed by atoms with E-state index in [1.54, 1.807) is 19.4 Å². The minimum Gasteiger partial charge on any atom is -0.478 e. The predicted molar refractivity (Wildman–Crippen MR) is 141 cm³/mol. The summed E-state index contributed by atoms with van der Waals surface area (Å²) in [7, 11) is 2.05. The van der Waals surface area contributed by atoms with Crippen LogP contribution in [-0.2, 0) is 0 Å². The highest BCUT2D eigenvalue weighted by Crippen LogP contribution is 2.42. The number of nitrogens with two attached hydrogens (primary N) is 1. The van der Waals surface area contributed by atoms with E-state index in [1.165, 1.54) is 23.5 Å². The topological polar surface area (TPSA) is 84.8 Å². The van der Waals surface area contributed by atoms with Gasteiger partial charge in [-0.1, -0.05) is 23.2 Å². The number of thiophene rings is 1. The predicted octanol–water partition coefficient (Wildman–Crippen LogP) is 6.11. The molecule has 0 radical (unpaired) electrons. The molecule has 0 bridgehead atoms. The fourth-order valence-electron chi connectivity index (χ4n) is 4.22. The maximum absolute atomic E-state index is 14.0. The van der Waals surface area contributed by atoms with Crippen molar-refractivity contribution in [3.8, 4) is 16.9 Å². The zero-order valence-corrected chi connectivity index (χ0v) is 21.9. The van der Waals surface area contributed by atoms with Gasteiger partial charge >= 0.3 is 0 Å². The van der Waals surface area contributed by atoms with Crippen LogP contribution in [0.15, 0.2) is 40.5 Å². The highest BCUT2D eigenvalue weighted by atomic mass is 35.5. The summed E-state index contributed by atoms with van der Waals surface area (Å²) in [5.74, 6) is -0.270. The molecule has 3 aromatic heterocycles. The molecule has 188 valence electrons. The number of carbonyl (C=O) groups is 1. The molecule has 1 saturated heterocycles. The van der Waals surface area contributed by atoms with Gasteiger partial charge in [-0.15, -0.1) is 11.3 Å². The molecular weight excluding hydrogens is 526 g/mol. The SMILES string of the molecule is C[C@@H](Oc1c(N)ncc2c(-c3csc(C(=O)N4CCN(C)CC4)c3)coc12)c1c(Cl)ccc(F)c1Cl. The fourth-order valence-corrected chi connectivity index (χ4v) is 5.78. The number of nitrogen functional groups attached to an aromatic ring is 1. The van der Waals surface area contributed by atoms with Gasteiger partial charge in [-0.3, -0.25) is 4.79 Å². The number of nitrogens with zero attached hydrogens (tertiary/aromatic N) is 3. The monoisotopic (exact) mass is 548 g/mol. The summed E-state index contributed by atoms with van der Waals surface area (Å²) in [6.07, 6.45) is 2.44. The summed E-state index contributed by atoms with van der Waals surface area (Å²) in [6, 6.07) is 4.48. The molecule has 5 rings (SSSR count). The van der Waals surface area contributed by atoms with E-state index in [0.717, 1.165) is 24.2 Å². The van der Waals surface area contributed by atoms with Crippen LogP contribution >= 0.6 is 34.5 Å². The van der Waals surface area contributed by atoms with Gasteiger partial charge in [-0.25, -0.2) is 9.37 Å². The second kappa shape index (κ2) is 9.89. The lowest BCUT2D eigenvalue weighted by molar-refractivity contribution is 0.0669. The van der Waals surface area contributed by atoms with Gasteiger partial charge in [-0.2, -0.15) is 0 Å². The zero-order valence-electron chi connectivity index (χ0n) is 19.6. The van der Waals surface area contributed by atoms with Crippen molar-refractivity contribution < 1.29 is 18.3 Å². The van der Waals surface area contributed by atoms with Crippen LogP contribution in [0.4, 0.5) is 10.2 Å². The van der Waals surface area contributed by atoms with Gasteiger partial charge in [0.2, 0.25) is 5.75 Å². The van der Waals surface area contributed by atoms with E-state index >= 15 is 0 Å². The Bertz CT molecular complexity index is 1450. The molecule has 0 aliphatic carbocycles. The Labute approximate surface area is 221 Å². The zero-order chi connectivity index (χ0) is 25.6. The number of hydrogen-bond donors (Lipinski definition) is 1. The molecule has 4 aromatic rings. The van der Waals surface area contributed by atoms with E-state index in [-0.39, 0.29) is 27.5 Å². The molecule has 1 amide bonds. The van der Waals surface area contributed by atoms with Crippen LogP contribution in [0.3, 0.4) is 0 Å². The molecule has 0 unspecified atom stereocenters. The molecular formula is C25H23Cl2FN4O3S. The van der Waals surface area contributed by atoms with E-state index in [2.05, 4.69) is 16.9 Å². The summed E-state index contributed by atoms with van der Waals surface area (Å²) >= 11 is 13.8. The molecule has 0 saturated carbocycles. The molecule has 2 N–H and O–H groups in total. The van der Waals surface area contributed by atoms with Crippen molar-refractivity contribution in [1.82, 2.24) is 14.8 Å². The van der Waals surface area contributed by atoms with Crippen molar-refractivity contribution in [3.05, 3.63) is 62.3 Å². The number of pyridine rings is 1. The van der Waals surface area contributed by atoms with Crippen molar-refractivity contribution in [2.24, 2.45) is 0 Å². The molecule has 1 aliphatic rings. The van der Waals surface area contributed by atoms with Crippen LogP contribution < -0.4 is 10.5 Å². The van der Waals surface area contributed by atoms with Crippen molar-refractivity contribution in [2.45, 2.75) is 13.0 Å². The number of fused-ring (bicyclic) bond motifs is 1. The lowest BCUT2D eigenvalue weighted by Gasteiger charge is -2.32. The molecule has 1 atom stereocenters. The third-order valence-electron chi connectivity index (χ3n) is 6.29. The quantitative estimate of drug-likeness (QED) is 0.303. The van der Waals surface area contributed by atoms with Gasteiger partial charge in [0.15, 0.2) is 11.4 Å². The maximum Gasteiger partial charge on any atom is 0.264 e. The normalized spacial score (nSPS) is 15.4. The van der Waals surface area contributed by atoms with Crippen molar-refractivity contribution in [2.75, 3.05) is 39.0 Å². The van der Waals surface area contributed by atoms with Crippen molar-refractivity contribution in [3.63, 3.8) is 0 Å². The number of carbonyl (C=O) groups excluding carboxylic acids is 1. The number of benzene rings is 1. The molecule has 7 nitrogen and oxygen atoms in total. The van der Waals surface area contributed by atoms with Crippen LogP contribution in [0.1, 0.15) is 28.3 Å². The first kappa shape index (κ1) is 24.8. The Morgan fingerprint density at radius 2 is 2.03 bits per heavy atom. The number of aromatic nitrogens is 1. The van der Waals surface area contributed by atoms with Gasteiger partial charge in [0.25, 0.3) is 5.91 Å². The second-order valence-electron chi connectivity index (χ2n) is 8.68. The number of rotatable bonds is 5. The first-order chi connectivity index (χ1) is 17.2. The van der Waals surface area contributed by atoms with Gasteiger partial charge in [0.1, 0.15) is 11.9 Å². The standard InChI is InChI=1S/C25H23Cl2FN4O3S/c1-13(20-17(26)3-4-18(28)21(20)27)35-23-22-15(10-30-24(23)29)16(11-34-22)14-9-19(36-12-14)25(33)32-7-5-31(2)6-8-32/h3-4,9-13H,5-8H2,1-2H3,(H2,29,30)/t13-/m1/s1. The Morgan fingerprint density at radius 1 is 1.28 bits per heavy atom. The molecule has 1 aliphatic heterocycles. The van der Waals surface area contributed by atoms with Gasteiger partial charge in [0, 0.05) is 48.5 Å². The summed E-state index contributed by atoms with van der Waals surface area (Å²) in [4.78, 5) is 22.0. The van der Waals surface area contributed by atoms with Gasteiger partial charge < -0.3 is 24.7 Å². The molecule has 1 aromatic carbocycles. The van der Waals surface area contributed by atoms with Crippen LogP contribution in [0.25, 0.3) is 22.1 Å². The number of ether oxygens (including phenoxy) is 1.